The number of carbonyl (C=O) groups is 1. The summed E-state index contributed by atoms with van der Waals surface area (Å²) in [7, 11) is -2.61. The number of unbranched alkanes of at least 4 members (excludes halogenated alkanes) is 1. The van der Waals surface area contributed by atoms with Crippen molar-refractivity contribution in [3.8, 4) is 11.5 Å². The zero-order chi connectivity index (χ0) is 31.2. The molecule has 0 radical (unpaired) electrons. The zero-order valence-electron chi connectivity index (χ0n) is 24.7. The van der Waals surface area contributed by atoms with Gasteiger partial charge in [0, 0.05) is 24.8 Å². The molecule has 0 bridgehead atoms. The van der Waals surface area contributed by atoms with Crippen molar-refractivity contribution in [2.45, 2.75) is 61.4 Å². The number of hydrogen-bond acceptors (Lipinski definition) is 7. The Labute approximate surface area is 257 Å². The van der Waals surface area contributed by atoms with Gasteiger partial charge in [0.1, 0.15) is 22.7 Å². The summed E-state index contributed by atoms with van der Waals surface area (Å²) in [5.41, 5.74) is 1.32. The molecule has 3 aromatic carbocycles. The summed E-state index contributed by atoms with van der Waals surface area (Å²) in [6, 6.07) is 20.1. The second-order valence-electron chi connectivity index (χ2n) is 10.3. The lowest BCUT2D eigenvalue weighted by Crippen LogP contribution is -2.54. The molecule has 230 valence electrons. The van der Waals surface area contributed by atoms with Gasteiger partial charge in [0.05, 0.1) is 23.2 Å². The highest BCUT2D eigenvalue weighted by atomic mass is 32.2. The smallest absolute Gasteiger partial charge is 0.368 e. The molecule has 4 rings (SSSR count). The van der Waals surface area contributed by atoms with Crippen molar-refractivity contribution in [2.24, 2.45) is 0 Å². The van der Waals surface area contributed by atoms with E-state index in [2.05, 4.69) is 6.92 Å². The van der Waals surface area contributed by atoms with Crippen molar-refractivity contribution in [1.29, 1.82) is 0 Å². The minimum absolute atomic E-state index is 0.00591. The van der Waals surface area contributed by atoms with E-state index < -0.39 is 27.4 Å². The third kappa shape index (κ3) is 6.84. The third-order valence-electron chi connectivity index (χ3n) is 7.79. The standard InChI is InChI=1S/C32H37FN2O6S2/c1-5-7-17-32(6-2)22-34(24-11-9-8-10-12-24)27-18-29(42-4)28(41-21-26(33)31(36)37)19-30(27)43(38,39)35(32)20-23-13-15-25(40-3)16-14-23/h8-16,18-19,21H,5-7,17,20,22H2,1-4H3,(H,36,37). The molecule has 43 heavy (non-hydrogen) atoms. The molecular formula is C32H37FN2O6S2. The van der Waals surface area contributed by atoms with E-state index in [1.807, 2.05) is 66.4 Å². The molecule has 11 heteroatoms. The van der Waals surface area contributed by atoms with Gasteiger partial charge in [-0.1, -0.05) is 57.0 Å². The first-order chi connectivity index (χ1) is 20.6. The Balaban J connectivity index is 2.00. The Bertz CT molecular complexity index is 1560. The average molecular weight is 629 g/mol. The quantitative estimate of drug-likeness (QED) is 0.126. The monoisotopic (exact) mass is 628 g/mol. The normalized spacial score (nSPS) is 18.5. The Morgan fingerprint density at radius 3 is 2.40 bits per heavy atom. The molecule has 0 aliphatic carbocycles. The molecular weight excluding hydrogens is 591 g/mol. The summed E-state index contributed by atoms with van der Waals surface area (Å²) in [4.78, 5) is 13.6. The molecule has 0 spiro atoms. The number of carboxylic acid groups (broad SMARTS) is 1. The summed E-state index contributed by atoms with van der Waals surface area (Å²) in [5.74, 6) is -2.57. The van der Waals surface area contributed by atoms with Crippen molar-refractivity contribution in [3.63, 3.8) is 0 Å². The number of hydrogen-bond donors (Lipinski definition) is 1. The van der Waals surface area contributed by atoms with E-state index in [-0.39, 0.29) is 17.2 Å². The highest BCUT2D eigenvalue weighted by Gasteiger charge is 2.48. The topological polar surface area (TPSA) is 96.4 Å². The lowest BCUT2D eigenvalue weighted by atomic mass is 9.88. The van der Waals surface area contributed by atoms with Crippen LogP contribution in [-0.2, 0) is 21.4 Å². The third-order valence-corrected chi connectivity index (χ3v) is 10.5. The van der Waals surface area contributed by atoms with E-state index in [9.17, 15) is 17.6 Å². The number of nitrogens with zero attached hydrogens (tertiary/aromatic N) is 2. The van der Waals surface area contributed by atoms with E-state index in [1.54, 1.807) is 23.7 Å². The van der Waals surface area contributed by atoms with Crippen molar-refractivity contribution in [1.82, 2.24) is 4.31 Å². The first-order valence-electron chi connectivity index (χ1n) is 14.1. The van der Waals surface area contributed by atoms with Gasteiger partial charge in [0.15, 0.2) is 0 Å². The fourth-order valence-electron chi connectivity index (χ4n) is 5.36. The van der Waals surface area contributed by atoms with Gasteiger partial charge < -0.3 is 19.5 Å². The number of ether oxygens (including phenoxy) is 2. The van der Waals surface area contributed by atoms with E-state index in [0.717, 1.165) is 24.1 Å². The maximum Gasteiger partial charge on any atom is 0.368 e. The van der Waals surface area contributed by atoms with Crippen LogP contribution < -0.4 is 14.4 Å². The maximum absolute atomic E-state index is 14.9. The molecule has 0 saturated heterocycles. The molecule has 8 nitrogen and oxygen atoms in total. The van der Waals surface area contributed by atoms with Crippen molar-refractivity contribution < 1.29 is 32.2 Å². The number of sulfonamides is 1. The van der Waals surface area contributed by atoms with Gasteiger partial charge in [-0.3, -0.25) is 0 Å². The highest BCUT2D eigenvalue weighted by Crippen LogP contribution is 2.47. The SMILES string of the molecule is CCCCC1(CC)CN(c2ccccc2)c2cc(SC)c(OC=C(F)C(=O)O)cc2S(=O)(=O)N1Cc1ccc(OC)cc1. The van der Waals surface area contributed by atoms with Gasteiger partial charge >= 0.3 is 5.97 Å². The fourth-order valence-corrected chi connectivity index (χ4v) is 7.93. The van der Waals surface area contributed by atoms with E-state index in [1.165, 1.54) is 17.8 Å². The molecule has 0 fully saturated rings. The van der Waals surface area contributed by atoms with E-state index in [4.69, 9.17) is 14.6 Å². The molecule has 1 aliphatic rings. The van der Waals surface area contributed by atoms with Crippen LogP contribution in [-0.4, -0.2) is 49.2 Å². The number of thioether (sulfide) groups is 1. The molecule has 1 heterocycles. The lowest BCUT2D eigenvalue weighted by molar-refractivity contribution is -0.134. The Kier molecular flexibility index (Phi) is 10.4. The number of carboxylic acids is 1. The highest BCUT2D eigenvalue weighted by molar-refractivity contribution is 7.98. The Morgan fingerprint density at radius 2 is 1.81 bits per heavy atom. The molecule has 1 unspecified atom stereocenters. The summed E-state index contributed by atoms with van der Waals surface area (Å²) < 4.78 is 56.1. The second-order valence-corrected chi connectivity index (χ2v) is 13.0. The van der Waals surface area contributed by atoms with E-state index in [0.29, 0.717) is 42.0 Å². The largest absolute Gasteiger partial charge is 0.497 e. The van der Waals surface area contributed by atoms with Crippen LogP contribution in [0.2, 0.25) is 0 Å². The molecule has 1 N–H and O–H groups in total. The summed E-state index contributed by atoms with van der Waals surface area (Å²) in [6.45, 7) is 4.63. The second kappa shape index (κ2) is 13.8. The van der Waals surface area contributed by atoms with Crippen LogP contribution in [0.3, 0.4) is 0 Å². The Morgan fingerprint density at radius 1 is 1.12 bits per heavy atom. The van der Waals surface area contributed by atoms with Gasteiger partial charge in [-0.15, -0.1) is 11.8 Å². The number of halogens is 1. The van der Waals surface area contributed by atoms with Crippen molar-refractivity contribution >= 4 is 39.1 Å². The number of fused-ring (bicyclic) bond motifs is 1. The van der Waals surface area contributed by atoms with Crippen LogP contribution in [0.5, 0.6) is 11.5 Å². The summed E-state index contributed by atoms with van der Waals surface area (Å²) in [5, 5.41) is 8.98. The summed E-state index contributed by atoms with van der Waals surface area (Å²) >= 11 is 1.29. The van der Waals surface area contributed by atoms with Crippen LogP contribution >= 0.6 is 11.8 Å². The molecule has 1 aliphatic heterocycles. The Hall–Kier alpha value is -3.54. The number of rotatable bonds is 12. The van der Waals surface area contributed by atoms with Crippen LogP contribution in [0.1, 0.15) is 45.1 Å². The summed E-state index contributed by atoms with van der Waals surface area (Å²) in [6.07, 6.45) is 5.19. The molecule has 0 aromatic heterocycles. The van der Waals surface area contributed by atoms with Crippen LogP contribution in [0.25, 0.3) is 0 Å². The van der Waals surface area contributed by atoms with Crippen LogP contribution in [0, 0.1) is 0 Å². The minimum Gasteiger partial charge on any atom is -0.497 e. The number of anilines is 2. The molecule has 0 saturated carbocycles. The zero-order valence-corrected chi connectivity index (χ0v) is 26.4. The van der Waals surface area contributed by atoms with Crippen molar-refractivity contribution in [2.75, 3.05) is 24.8 Å². The van der Waals surface area contributed by atoms with Crippen molar-refractivity contribution in [3.05, 3.63) is 84.4 Å². The fraction of sp³-hybridized carbons (Fsp3) is 0.344. The first kappa shape index (κ1) is 32.4. The van der Waals surface area contributed by atoms with Gasteiger partial charge in [-0.2, -0.15) is 8.70 Å². The number of methoxy groups -OCH3 is 1. The van der Waals surface area contributed by atoms with Gasteiger partial charge in [0.25, 0.3) is 0 Å². The van der Waals surface area contributed by atoms with Gasteiger partial charge in [-0.25, -0.2) is 13.2 Å². The van der Waals surface area contributed by atoms with Crippen LogP contribution in [0.4, 0.5) is 15.8 Å². The predicted molar refractivity (Wildman–Crippen MR) is 167 cm³/mol. The van der Waals surface area contributed by atoms with Gasteiger partial charge in [-0.05, 0) is 55.0 Å². The predicted octanol–water partition coefficient (Wildman–Crippen LogP) is 7.37. The molecule has 0 amide bonds. The van der Waals surface area contributed by atoms with E-state index >= 15 is 0 Å². The maximum atomic E-state index is 14.9. The molecule has 1 atom stereocenters. The molecule has 3 aromatic rings. The number of benzene rings is 3. The van der Waals surface area contributed by atoms with Crippen LogP contribution in [0.15, 0.2) is 88.6 Å². The number of aliphatic carboxylic acids is 1. The number of para-hydroxylation sites is 1. The average Bonchev–Trinajstić information content (AvgIpc) is 3.10. The minimum atomic E-state index is -4.19. The van der Waals surface area contributed by atoms with Gasteiger partial charge in [0.2, 0.25) is 15.9 Å². The first-order valence-corrected chi connectivity index (χ1v) is 16.7. The lowest BCUT2D eigenvalue weighted by Gasteiger charge is -2.43.